The second-order valence-electron chi connectivity index (χ2n) is 7.29. The molecule has 0 amide bonds. The van der Waals surface area contributed by atoms with E-state index in [1.54, 1.807) is 14.2 Å². The second kappa shape index (κ2) is 7.24. The molecule has 0 aliphatic carbocycles. The molecule has 0 aliphatic heterocycles. The molecule has 0 saturated heterocycles. The van der Waals surface area contributed by atoms with Gasteiger partial charge in [-0.05, 0) is 39.8 Å². The molecular weight excluding hydrogens is 362 g/mol. The van der Waals surface area contributed by atoms with Crippen molar-refractivity contribution in [1.82, 2.24) is 14.8 Å². The first-order valence-corrected chi connectivity index (χ1v) is 9.60. The van der Waals surface area contributed by atoms with Gasteiger partial charge in [0.05, 0.1) is 25.6 Å². The third kappa shape index (κ3) is 3.03. The molecule has 4 aromatic rings. The molecule has 2 aromatic heterocycles. The highest BCUT2D eigenvalue weighted by atomic mass is 16.5. The van der Waals surface area contributed by atoms with Crippen molar-refractivity contribution >= 4 is 10.8 Å². The maximum atomic E-state index is 5.67. The van der Waals surface area contributed by atoms with Crippen LogP contribution < -0.4 is 9.47 Å². The SMILES string of the molecule is COc1ccc(-n2c(C)c3c(C)nnc(-c4ccc(C)cc4)c3c2C)c(OC)c1. The van der Waals surface area contributed by atoms with Gasteiger partial charge in [-0.3, -0.25) is 0 Å². The fourth-order valence-corrected chi connectivity index (χ4v) is 4.04. The highest BCUT2D eigenvalue weighted by Crippen LogP contribution is 2.38. The molecule has 0 radical (unpaired) electrons. The van der Waals surface area contributed by atoms with Crippen LogP contribution in [0.25, 0.3) is 27.7 Å². The molecule has 29 heavy (non-hydrogen) atoms. The molecule has 0 aliphatic rings. The summed E-state index contributed by atoms with van der Waals surface area (Å²) in [6.07, 6.45) is 0. The van der Waals surface area contributed by atoms with Crippen LogP contribution in [-0.2, 0) is 0 Å². The van der Waals surface area contributed by atoms with Gasteiger partial charge in [0.25, 0.3) is 0 Å². The minimum absolute atomic E-state index is 0.756. The minimum atomic E-state index is 0.756. The molecule has 0 fully saturated rings. The van der Waals surface area contributed by atoms with Gasteiger partial charge in [0.15, 0.2) is 0 Å². The third-order valence-corrected chi connectivity index (χ3v) is 5.50. The van der Waals surface area contributed by atoms with Crippen LogP contribution in [0.4, 0.5) is 0 Å². The summed E-state index contributed by atoms with van der Waals surface area (Å²) in [5, 5.41) is 11.3. The van der Waals surface area contributed by atoms with E-state index >= 15 is 0 Å². The molecule has 4 rings (SSSR count). The van der Waals surface area contributed by atoms with Gasteiger partial charge in [-0.25, -0.2) is 0 Å². The van der Waals surface area contributed by atoms with Crippen LogP contribution in [0.1, 0.15) is 22.6 Å². The zero-order valence-corrected chi connectivity index (χ0v) is 17.7. The number of aryl methyl sites for hydroxylation is 4. The van der Waals surface area contributed by atoms with E-state index in [-0.39, 0.29) is 0 Å². The number of fused-ring (bicyclic) bond motifs is 1. The Balaban J connectivity index is 2.05. The first-order chi connectivity index (χ1) is 14.0. The lowest BCUT2D eigenvalue weighted by molar-refractivity contribution is 0.393. The quantitative estimate of drug-likeness (QED) is 0.474. The lowest BCUT2D eigenvalue weighted by Gasteiger charge is -2.15. The Hall–Kier alpha value is -3.34. The van der Waals surface area contributed by atoms with Gasteiger partial charge < -0.3 is 14.0 Å². The highest BCUT2D eigenvalue weighted by molar-refractivity contribution is 6.00. The number of hydrogen-bond acceptors (Lipinski definition) is 4. The Morgan fingerprint density at radius 1 is 0.759 bits per heavy atom. The second-order valence-corrected chi connectivity index (χ2v) is 7.29. The van der Waals surface area contributed by atoms with Crippen LogP contribution in [0.2, 0.25) is 0 Å². The molecule has 0 bridgehead atoms. The number of aromatic nitrogens is 3. The fourth-order valence-electron chi connectivity index (χ4n) is 4.04. The predicted molar refractivity (Wildman–Crippen MR) is 116 cm³/mol. The molecule has 0 saturated carbocycles. The van der Waals surface area contributed by atoms with Gasteiger partial charge in [-0.2, -0.15) is 5.10 Å². The van der Waals surface area contributed by atoms with E-state index in [0.717, 1.165) is 56.3 Å². The summed E-state index contributed by atoms with van der Waals surface area (Å²) in [7, 11) is 3.34. The smallest absolute Gasteiger partial charge is 0.146 e. The van der Waals surface area contributed by atoms with Crippen molar-refractivity contribution in [3.8, 4) is 28.4 Å². The molecule has 148 valence electrons. The molecular formula is C24H25N3O2. The minimum Gasteiger partial charge on any atom is -0.497 e. The summed E-state index contributed by atoms with van der Waals surface area (Å²) in [6.45, 7) is 8.34. The van der Waals surface area contributed by atoms with Gasteiger partial charge in [0, 0.05) is 33.8 Å². The Kier molecular flexibility index (Phi) is 4.74. The van der Waals surface area contributed by atoms with Crippen molar-refractivity contribution in [1.29, 1.82) is 0 Å². The van der Waals surface area contributed by atoms with E-state index in [1.165, 1.54) is 5.56 Å². The topological polar surface area (TPSA) is 49.2 Å². The summed E-state index contributed by atoms with van der Waals surface area (Å²) in [4.78, 5) is 0. The van der Waals surface area contributed by atoms with Crippen molar-refractivity contribution in [3.05, 3.63) is 65.1 Å². The normalized spacial score (nSPS) is 11.1. The Labute approximate surface area is 170 Å². The molecule has 0 atom stereocenters. The lowest BCUT2D eigenvalue weighted by Crippen LogP contribution is -2.02. The Morgan fingerprint density at radius 3 is 2.10 bits per heavy atom. The summed E-state index contributed by atoms with van der Waals surface area (Å²) < 4.78 is 13.3. The first kappa shape index (κ1) is 19.0. The van der Waals surface area contributed by atoms with E-state index in [0.29, 0.717) is 0 Å². The predicted octanol–water partition coefficient (Wildman–Crippen LogP) is 5.34. The van der Waals surface area contributed by atoms with Gasteiger partial charge in [-0.1, -0.05) is 29.8 Å². The average molecular weight is 387 g/mol. The molecule has 2 aromatic carbocycles. The highest BCUT2D eigenvalue weighted by Gasteiger charge is 2.21. The Morgan fingerprint density at radius 2 is 1.45 bits per heavy atom. The third-order valence-electron chi connectivity index (χ3n) is 5.50. The van der Waals surface area contributed by atoms with E-state index in [4.69, 9.17) is 9.47 Å². The summed E-state index contributed by atoms with van der Waals surface area (Å²) >= 11 is 0. The van der Waals surface area contributed by atoms with Crippen molar-refractivity contribution in [3.63, 3.8) is 0 Å². The van der Waals surface area contributed by atoms with Crippen LogP contribution in [0.3, 0.4) is 0 Å². The van der Waals surface area contributed by atoms with Crippen molar-refractivity contribution in [2.24, 2.45) is 0 Å². The summed E-state index contributed by atoms with van der Waals surface area (Å²) in [6, 6.07) is 14.3. The van der Waals surface area contributed by atoms with Crippen LogP contribution >= 0.6 is 0 Å². The fraction of sp³-hybridized carbons (Fsp3) is 0.250. The number of rotatable bonds is 4. The molecule has 0 spiro atoms. The number of benzene rings is 2. The van der Waals surface area contributed by atoms with Crippen molar-refractivity contribution < 1.29 is 9.47 Å². The van der Waals surface area contributed by atoms with Gasteiger partial charge in [0.1, 0.15) is 17.2 Å². The van der Waals surface area contributed by atoms with Gasteiger partial charge >= 0.3 is 0 Å². The molecule has 2 heterocycles. The number of ether oxygens (including phenoxy) is 2. The van der Waals surface area contributed by atoms with E-state index in [1.807, 2.05) is 25.1 Å². The Bertz CT molecular complexity index is 1210. The average Bonchev–Trinajstić information content (AvgIpc) is 3.00. The van der Waals surface area contributed by atoms with E-state index in [2.05, 4.69) is 59.8 Å². The van der Waals surface area contributed by atoms with Gasteiger partial charge in [0.2, 0.25) is 0 Å². The molecule has 5 nitrogen and oxygen atoms in total. The number of hydrogen-bond donors (Lipinski definition) is 0. The van der Waals surface area contributed by atoms with E-state index < -0.39 is 0 Å². The zero-order valence-electron chi connectivity index (χ0n) is 17.7. The molecule has 0 N–H and O–H groups in total. The van der Waals surface area contributed by atoms with Crippen LogP contribution in [0.15, 0.2) is 42.5 Å². The maximum Gasteiger partial charge on any atom is 0.146 e. The van der Waals surface area contributed by atoms with E-state index in [9.17, 15) is 0 Å². The molecule has 5 heteroatoms. The zero-order chi connectivity index (χ0) is 20.7. The summed E-state index contributed by atoms with van der Waals surface area (Å²) in [5.74, 6) is 1.52. The van der Waals surface area contributed by atoms with Gasteiger partial charge in [-0.15, -0.1) is 5.10 Å². The van der Waals surface area contributed by atoms with Crippen LogP contribution in [-0.4, -0.2) is 29.0 Å². The largest absolute Gasteiger partial charge is 0.497 e. The van der Waals surface area contributed by atoms with Crippen molar-refractivity contribution in [2.75, 3.05) is 14.2 Å². The standard InChI is InChI=1S/C24H25N3O2/c1-14-7-9-18(10-8-14)24-23-17(4)27(16(3)22(23)15(2)25-26-24)20-12-11-19(28-5)13-21(20)29-6/h7-13H,1-6H3. The maximum absolute atomic E-state index is 5.67. The van der Waals surface area contributed by atoms with Crippen LogP contribution in [0.5, 0.6) is 11.5 Å². The number of nitrogens with zero attached hydrogens (tertiary/aromatic N) is 3. The molecule has 0 unspecified atom stereocenters. The lowest BCUT2D eigenvalue weighted by atomic mass is 10.0. The van der Waals surface area contributed by atoms with Crippen LogP contribution in [0, 0.1) is 27.7 Å². The summed E-state index contributed by atoms with van der Waals surface area (Å²) in [5.41, 5.74) is 7.29. The van der Waals surface area contributed by atoms with Crippen molar-refractivity contribution in [2.45, 2.75) is 27.7 Å². The monoisotopic (exact) mass is 387 g/mol. The number of methoxy groups -OCH3 is 2. The first-order valence-electron chi connectivity index (χ1n) is 9.60.